The Bertz CT molecular complexity index is 461. The lowest BCUT2D eigenvalue weighted by molar-refractivity contribution is 0.650. The number of hydrogen-bond acceptors (Lipinski definition) is 2. The van der Waals surface area contributed by atoms with Crippen LogP contribution in [0.25, 0.3) is 10.9 Å². The monoisotopic (exact) mass is 190 g/mol. The van der Waals surface area contributed by atoms with Gasteiger partial charge in [0.05, 0.1) is 16.6 Å². The summed E-state index contributed by atoms with van der Waals surface area (Å²) in [6.45, 7) is 2.20. The van der Waals surface area contributed by atoms with Crippen molar-refractivity contribution in [1.29, 1.82) is 0 Å². The number of aromatic nitrogens is 2. The highest BCUT2D eigenvalue weighted by atomic mass is 32.2. The summed E-state index contributed by atoms with van der Waals surface area (Å²) in [6.07, 6.45) is 0. The minimum Gasteiger partial charge on any atom is -0.255 e. The fourth-order valence-electron chi connectivity index (χ4n) is 1.82. The standard InChI is InChI=1S/C10H10N2S/c1-7-12-10(6-13-7)8-4-2-3-5-9(8)11-12/h2-5,7H,6H2,1H3. The van der Waals surface area contributed by atoms with E-state index in [9.17, 15) is 0 Å². The quantitative estimate of drug-likeness (QED) is 0.635. The van der Waals surface area contributed by atoms with Crippen molar-refractivity contribution in [2.45, 2.75) is 18.1 Å². The summed E-state index contributed by atoms with van der Waals surface area (Å²) in [6, 6.07) is 8.37. The maximum atomic E-state index is 4.57. The summed E-state index contributed by atoms with van der Waals surface area (Å²) in [5.74, 6) is 1.10. The zero-order valence-electron chi connectivity index (χ0n) is 7.40. The number of thioether (sulfide) groups is 1. The van der Waals surface area contributed by atoms with Gasteiger partial charge in [0.15, 0.2) is 0 Å². The Morgan fingerprint density at radius 3 is 3.23 bits per heavy atom. The molecule has 1 atom stereocenters. The largest absolute Gasteiger partial charge is 0.255 e. The molecule has 0 saturated heterocycles. The van der Waals surface area contributed by atoms with Gasteiger partial charge in [0, 0.05) is 11.1 Å². The van der Waals surface area contributed by atoms with Crippen LogP contribution in [0, 0.1) is 0 Å². The van der Waals surface area contributed by atoms with Crippen molar-refractivity contribution in [3.05, 3.63) is 30.0 Å². The van der Waals surface area contributed by atoms with Crippen LogP contribution < -0.4 is 0 Å². The highest BCUT2D eigenvalue weighted by Gasteiger charge is 2.22. The molecular weight excluding hydrogens is 180 g/mol. The fourth-order valence-corrected chi connectivity index (χ4v) is 2.82. The van der Waals surface area contributed by atoms with Crippen LogP contribution in [0.1, 0.15) is 18.0 Å². The highest BCUT2D eigenvalue weighted by Crippen LogP contribution is 2.37. The van der Waals surface area contributed by atoms with Gasteiger partial charge in [-0.2, -0.15) is 5.10 Å². The van der Waals surface area contributed by atoms with Crippen molar-refractivity contribution in [2.75, 3.05) is 0 Å². The molecule has 1 unspecified atom stereocenters. The maximum absolute atomic E-state index is 4.57. The van der Waals surface area contributed by atoms with E-state index in [4.69, 9.17) is 0 Å². The Morgan fingerprint density at radius 1 is 1.46 bits per heavy atom. The van der Waals surface area contributed by atoms with Crippen LogP contribution in [0.15, 0.2) is 24.3 Å². The molecule has 0 aliphatic carbocycles. The normalized spacial score (nSPS) is 20.8. The molecular formula is C10H10N2S. The van der Waals surface area contributed by atoms with E-state index in [0.717, 1.165) is 11.3 Å². The van der Waals surface area contributed by atoms with Crippen LogP contribution in [-0.2, 0) is 5.75 Å². The van der Waals surface area contributed by atoms with E-state index in [2.05, 4.69) is 34.9 Å². The summed E-state index contributed by atoms with van der Waals surface area (Å²) in [4.78, 5) is 0. The molecule has 0 radical (unpaired) electrons. The van der Waals surface area contributed by atoms with Gasteiger partial charge in [0.1, 0.15) is 0 Å². The van der Waals surface area contributed by atoms with Crippen LogP contribution in [0.5, 0.6) is 0 Å². The van der Waals surface area contributed by atoms with Crippen molar-refractivity contribution in [3.63, 3.8) is 0 Å². The van der Waals surface area contributed by atoms with Crippen LogP contribution in [0.4, 0.5) is 0 Å². The molecule has 1 aliphatic rings. The molecule has 0 fully saturated rings. The zero-order valence-corrected chi connectivity index (χ0v) is 8.21. The third-order valence-corrected chi connectivity index (χ3v) is 3.63. The minimum absolute atomic E-state index is 0.502. The maximum Gasteiger partial charge on any atom is 0.0950 e. The molecule has 2 nitrogen and oxygen atoms in total. The number of hydrogen-bond donors (Lipinski definition) is 0. The first-order valence-electron chi connectivity index (χ1n) is 4.44. The molecule has 0 saturated carbocycles. The predicted molar refractivity (Wildman–Crippen MR) is 55.7 cm³/mol. The van der Waals surface area contributed by atoms with Crippen molar-refractivity contribution in [3.8, 4) is 0 Å². The van der Waals surface area contributed by atoms with Crippen molar-refractivity contribution >= 4 is 22.7 Å². The fraction of sp³-hybridized carbons (Fsp3) is 0.300. The van der Waals surface area contributed by atoms with Gasteiger partial charge < -0.3 is 0 Å². The third kappa shape index (κ3) is 0.936. The molecule has 0 spiro atoms. The minimum atomic E-state index is 0.502. The Morgan fingerprint density at radius 2 is 2.31 bits per heavy atom. The summed E-state index contributed by atoms with van der Waals surface area (Å²) in [7, 11) is 0. The van der Waals surface area contributed by atoms with Gasteiger partial charge in [-0.3, -0.25) is 4.68 Å². The van der Waals surface area contributed by atoms with Crippen LogP contribution in [0.3, 0.4) is 0 Å². The van der Waals surface area contributed by atoms with Crippen LogP contribution in [-0.4, -0.2) is 9.78 Å². The molecule has 3 heteroatoms. The number of benzene rings is 1. The summed E-state index contributed by atoms with van der Waals surface area (Å²) in [5, 5.41) is 6.39. The van der Waals surface area contributed by atoms with Crippen molar-refractivity contribution in [1.82, 2.24) is 9.78 Å². The zero-order chi connectivity index (χ0) is 8.84. The number of rotatable bonds is 0. The van der Waals surface area contributed by atoms with Gasteiger partial charge in [-0.15, -0.1) is 11.8 Å². The second-order valence-corrected chi connectivity index (χ2v) is 4.62. The van der Waals surface area contributed by atoms with Gasteiger partial charge in [-0.25, -0.2) is 0 Å². The Balaban J connectivity index is 2.38. The third-order valence-electron chi connectivity index (χ3n) is 2.51. The molecule has 1 aromatic carbocycles. The van der Waals surface area contributed by atoms with E-state index in [1.165, 1.54) is 11.1 Å². The lowest BCUT2D eigenvalue weighted by Crippen LogP contribution is -1.98. The van der Waals surface area contributed by atoms with E-state index < -0.39 is 0 Å². The first-order valence-corrected chi connectivity index (χ1v) is 5.49. The average Bonchev–Trinajstić information content (AvgIpc) is 2.67. The lowest BCUT2D eigenvalue weighted by Gasteiger charge is -2.00. The van der Waals surface area contributed by atoms with Crippen molar-refractivity contribution < 1.29 is 0 Å². The molecule has 1 aromatic heterocycles. The first-order chi connectivity index (χ1) is 6.36. The van der Waals surface area contributed by atoms with Crippen LogP contribution in [0.2, 0.25) is 0 Å². The average molecular weight is 190 g/mol. The number of nitrogens with zero attached hydrogens (tertiary/aromatic N) is 2. The van der Waals surface area contributed by atoms with Crippen molar-refractivity contribution in [2.24, 2.45) is 0 Å². The topological polar surface area (TPSA) is 17.8 Å². The SMILES string of the molecule is CC1SCc2c3ccccc3nn21. The Hall–Kier alpha value is -0.960. The van der Waals surface area contributed by atoms with E-state index in [1.54, 1.807) is 0 Å². The molecule has 2 aromatic rings. The van der Waals surface area contributed by atoms with Gasteiger partial charge in [-0.1, -0.05) is 18.2 Å². The Labute approximate surface area is 80.9 Å². The molecule has 3 rings (SSSR count). The first kappa shape index (κ1) is 7.44. The van der Waals surface area contributed by atoms with E-state index in [0.29, 0.717) is 5.37 Å². The molecule has 0 amide bonds. The summed E-state index contributed by atoms with van der Waals surface area (Å²) < 4.78 is 2.15. The second-order valence-electron chi connectivity index (χ2n) is 3.32. The lowest BCUT2D eigenvalue weighted by atomic mass is 10.2. The van der Waals surface area contributed by atoms with Crippen LogP contribution >= 0.6 is 11.8 Å². The van der Waals surface area contributed by atoms with E-state index in [1.807, 2.05) is 17.8 Å². The van der Waals surface area contributed by atoms with Gasteiger partial charge >= 0.3 is 0 Å². The summed E-state index contributed by atoms with van der Waals surface area (Å²) >= 11 is 1.95. The molecule has 13 heavy (non-hydrogen) atoms. The molecule has 1 aliphatic heterocycles. The van der Waals surface area contributed by atoms with Gasteiger partial charge in [0.25, 0.3) is 0 Å². The van der Waals surface area contributed by atoms with E-state index in [-0.39, 0.29) is 0 Å². The van der Waals surface area contributed by atoms with Gasteiger partial charge in [-0.05, 0) is 13.0 Å². The number of fused-ring (bicyclic) bond motifs is 3. The molecule has 0 bridgehead atoms. The second kappa shape index (κ2) is 2.51. The predicted octanol–water partition coefficient (Wildman–Crippen LogP) is 2.80. The van der Waals surface area contributed by atoms with E-state index >= 15 is 0 Å². The summed E-state index contributed by atoms with van der Waals surface area (Å²) in [5.41, 5.74) is 2.51. The molecule has 0 N–H and O–H groups in total. The molecule has 66 valence electrons. The highest BCUT2D eigenvalue weighted by molar-refractivity contribution is 7.98. The smallest absolute Gasteiger partial charge is 0.0950 e. The Kier molecular flexibility index (Phi) is 1.44. The van der Waals surface area contributed by atoms with Gasteiger partial charge in [0.2, 0.25) is 0 Å². The molecule has 2 heterocycles.